The summed E-state index contributed by atoms with van der Waals surface area (Å²) in [4.78, 5) is 0. The van der Waals surface area contributed by atoms with Gasteiger partial charge >= 0.3 is 0 Å². The van der Waals surface area contributed by atoms with Crippen LogP contribution in [0.4, 0.5) is 0 Å². The van der Waals surface area contributed by atoms with Gasteiger partial charge in [-0.3, -0.25) is 0 Å². The molecule has 3 fully saturated rings. The van der Waals surface area contributed by atoms with E-state index in [4.69, 9.17) is 14.2 Å². The van der Waals surface area contributed by atoms with Crippen LogP contribution in [0.5, 0.6) is 0 Å². The Kier molecular flexibility index (Phi) is 54.1. The second-order valence-electron chi connectivity index (χ2n) is 29.7. The fourth-order valence-corrected chi connectivity index (χ4v) is 15.7. The van der Waals surface area contributed by atoms with Crippen LogP contribution < -0.4 is 0 Å². The van der Waals surface area contributed by atoms with E-state index in [1.807, 2.05) is 0 Å². The molecule has 494 valence electrons. The van der Waals surface area contributed by atoms with Crippen LogP contribution in [-0.2, 0) is 14.2 Å². The van der Waals surface area contributed by atoms with Gasteiger partial charge in [-0.2, -0.15) is 0 Å². The van der Waals surface area contributed by atoms with Gasteiger partial charge in [0.2, 0.25) is 0 Å². The molecule has 0 N–H and O–H groups in total. The monoisotopic (exact) mass is 1170 g/mol. The summed E-state index contributed by atoms with van der Waals surface area (Å²) in [5.74, 6) is -0.385. The zero-order chi connectivity index (χ0) is 58.7. The molecule has 0 amide bonds. The Bertz CT molecular complexity index is 1270. The summed E-state index contributed by atoms with van der Waals surface area (Å²) in [6.07, 6.45) is 103. The third kappa shape index (κ3) is 45.7. The van der Waals surface area contributed by atoms with Crippen LogP contribution in [0.25, 0.3) is 0 Å². The number of hydrogen-bond acceptors (Lipinski definition) is 3. The molecule has 2 aliphatic heterocycles. The van der Waals surface area contributed by atoms with Crippen molar-refractivity contribution in [2.75, 3.05) is 19.8 Å². The Balaban J connectivity index is 1.54. The van der Waals surface area contributed by atoms with E-state index in [0.29, 0.717) is 0 Å². The molecule has 2 heterocycles. The van der Waals surface area contributed by atoms with E-state index >= 15 is 0 Å². The average molecular weight is 1170 g/mol. The van der Waals surface area contributed by atoms with Crippen molar-refractivity contribution >= 4 is 0 Å². The Morgan fingerprint density at radius 3 is 0.518 bits per heavy atom. The first-order chi connectivity index (χ1) is 41.1. The van der Waals surface area contributed by atoms with Gasteiger partial charge in [0.1, 0.15) is 0 Å². The predicted octanol–water partition coefficient (Wildman–Crippen LogP) is 28.6. The first kappa shape index (κ1) is 77.1. The van der Waals surface area contributed by atoms with Crippen LogP contribution in [0.15, 0.2) is 0 Å². The fourth-order valence-electron chi connectivity index (χ4n) is 15.7. The van der Waals surface area contributed by atoms with Crippen molar-refractivity contribution < 1.29 is 14.2 Å². The highest BCUT2D eigenvalue weighted by atomic mass is 16.7. The summed E-state index contributed by atoms with van der Waals surface area (Å²) in [6, 6.07) is 0. The lowest BCUT2D eigenvalue weighted by molar-refractivity contribution is -0.186. The van der Waals surface area contributed by atoms with Crippen molar-refractivity contribution in [3.8, 4) is 0 Å². The van der Waals surface area contributed by atoms with Gasteiger partial charge in [-0.25, -0.2) is 0 Å². The largest absolute Gasteiger partial charge is 0.375 e. The molecule has 2 spiro atoms. The molecule has 0 aromatic heterocycles. The summed E-state index contributed by atoms with van der Waals surface area (Å²) >= 11 is 0. The minimum Gasteiger partial charge on any atom is -0.375 e. The van der Waals surface area contributed by atoms with Crippen LogP contribution in [0.3, 0.4) is 0 Å². The molecule has 0 bridgehead atoms. The van der Waals surface area contributed by atoms with Gasteiger partial charge in [0.15, 0.2) is 5.79 Å². The minimum absolute atomic E-state index is 0.152. The molecular weight excluding hydrogens is 1010 g/mol. The highest BCUT2D eigenvalue weighted by Gasteiger charge is 2.47. The van der Waals surface area contributed by atoms with Crippen LogP contribution in [-0.4, -0.2) is 31.2 Å². The molecule has 0 aromatic carbocycles. The smallest absolute Gasteiger partial charge is 0.168 e. The SMILES string of the molecule is CC1(C)OCCCCCCCCCCCCCCCCCCCCCCCCCCCCCCCCCCCCCCCCCCCCCCC12CCCCCCCCCCCCCCCCCCCCCCCCCC1(CC2)OCCO1. The maximum Gasteiger partial charge on any atom is 0.168 e. The van der Waals surface area contributed by atoms with E-state index < -0.39 is 0 Å². The standard InChI is InChI=1S/C80H156O3/c1-78(2)79(71-67-63-59-55-51-47-43-39-35-31-27-25-28-32-36-40-44-48-52-56-60-64-68-72-80(74-73-79)82-76-77-83-80)70-66-62-58-54-50-46-42-38-34-30-26-23-21-19-17-15-13-11-9-7-5-3-4-6-8-10-12-14-16-18-20-22-24-29-33-37-41-45-49-53-57-61-65-69-75-81-78/h3-77H2,1-2H3. The summed E-state index contributed by atoms with van der Waals surface area (Å²) < 4.78 is 20.8. The molecule has 3 heteroatoms. The first-order valence-electron chi connectivity index (χ1n) is 40.0. The van der Waals surface area contributed by atoms with E-state index in [1.54, 1.807) is 0 Å². The van der Waals surface area contributed by atoms with Crippen molar-refractivity contribution in [3.05, 3.63) is 0 Å². The predicted molar refractivity (Wildman–Crippen MR) is 370 cm³/mol. The Hall–Kier alpha value is -0.120. The quantitative estimate of drug-likeness (QED) is 0.242. The van der Waals surface area contributed by atoms with Gasteiger partial charge in [0, 0.05) is 19.4 Å². The van der Waals surface area contributed by atoms with Crippen molar-refractivity contribution in [2.24, 2.45) is 5.41 Å². The molecule has 0 radical (unpaired) electrons. The van der Waals surface area contributed by atoms with Gasteiger partial charge in [-0.1, -0.05) is 417 Å². The van der Waals surface area contributed by atoms with Crippen LogP contribution in [0.1, 0.15) is 476 Å². The molecule has 0 aromatic rings. The Morgan fingerprint density at radius 2 is 0.313 bits per heavy atom. The Morgan fingerprint density at radius 1 is 0.145 bits per heavy atom. The van der Waals surface area contributed by atoms with E-state index in [-0.39, 0.29) is 16.8 Å². The fraction of sp³-hybridized carbons (Fsp3) is 1.00. The van der Waals surface area contributed by atoms with Crippen molar-refractivity contribution in [3.63, 3.8) is 0 Å². The van der Waals surface area contributed by atoms with Crippen LogP contribution in [0, 0.1) is 5.41 Å². The molecule has 2 saturated heterocycles. The molecule has 83 heavy (non-hydrogen) atoms. The van der Waals surface area contributed by atoms with Gasteiger partial charge in [0.05, 0.1) is 18.8 Å². The van der Waals surface area contributed by atoms with Crippen LogP contribution in [0.2, 0.25) is 0 Å². The summed E-state index contributed by atoms with van der Waals surface area (Å²) in [7, 11) is 0. The third-order valence-corrected chi connectivity index (χ3v) is 21.8. The van der Waals surface area contributed by atoms with E-state index in [0.717, 1.165) is 32.7 Å². The molecule has 3 rings (SSSR count). The van der Waals surface area contributed by atoms with Crippen LogP contribution >= 0.6 is 0 Å². The molecular formula is C80H156O3. The second-order valence-corrected chi connectivity index (χ2v) is 29.7. The average Bonchev–Trinajstić information content (AvgIpc) is 3.80. The second kappa shape index (κ2) is 58.3. The summed E-state index contributed by atoms with van der Waals surface area (Å²) in [6.45, 7) is 7.54. The van der Waals surface area contributed by atoms with Crippen molar-refractivity contribution in [1.82, 2.24) is 0 Å². The zero-order valence-electron chi connectivity index (χ0n) is 57.8. The number of ether oxygens (including phenoxy) is 3. The van der Waals surface area contributed by atoms with Crippen molar-refractivity contribution in [2.45, 2.75) is 488 Å². The van der Waals surface area contributed by atoms with Crippen molar-refractivity contribution in [1.29, 1.82) is 0 Å². The topological polar surface area (TPSA) is 27.7 Å². The molecule has 3 nitrogen and oxygen atoms in total. The summed E-state index contributed by atoms with van der Waals surface area (Å²) in [5, 5.41) is 0. The highest BCUT2D eigenvalue weighted by molar-refractivity contribution is 4.96. The lowest BCUT2D eigenvalue weighted by Crippen LogP contribution is -2.48. The molecule has 1 atom stereocenters. The first-order valence-corrected chi connectivity index (χ1v) is 40.0. The molecule has 1 saturated carbocycles. The zero-order valence-corrected chi connectivity index (χ0v) is 57.8. The molecule has 1 aliphatic carbocycles. The Labute approximate surface area is 524 Å². The maximum absolute atomic E-state index is 7.32. The van der Waals surface area contributed by atoms with E-state index in [1.165, 1.54) is 449 Å². The van der Waals surface area contributed by atoms with E-state index in [9.17, 15) is 0 Å². The lowest BCUT2D eigenvalue weighted by atomic mass is 9.63. The van der Waals surface area contributed by atoms with Gasteiger partial charge in [0.25, 0.3) is 0 Å². The van der Waals surface area contributed by atoms with E-state index in [2.05, 4.69) is 13.8 Å². The maximum atomic E-state index is 7.32. The van der Waals surface area contributed by atoms with Gasteiger partial charge < -0.3 is 14.2 Å². The van der Waals surface area contributed by atoms with Gasteiger partial charge in [-0.05, 0) is 51.4 Å². The third-order valence-electron chi connectivity index (χ3n) is 21.8. The normalized spacial score (nSPS) is 27.3. The number of hydrogen-bond donors (Lipinski definition) is 0. The molecule has 1 unspecified atom stereocenters. The minimum atomic E-state index is -0.385. The number of rotatable bonds is 0. The van der Waals surface area contributed by atoms with Gasteiger partial charge in [-0.15, -0.1) is 0 Å². The molecule has 3 aliphatic rings. The lowest BCUT2D eigenvalue weighted by Gasteiger charge is -2.49. The highest BCUT2D eigenvalue weighted by Crippen LogP contribution is 2.50. The summed E-state index contributed by atoms with van der Waals surface area (Å²) in [5.41, 5.74) is -0.00547.